The van der Waals surface area contributed by atoms with E-state index in [4.69, 9.17) is 4.74 Å². The summed E-state index contributed by atoms with van der Waals surface area (Å²) in [6.07, 6.45) is 7.35. The Balaban J connectivity index is 1.32. The van der Waals surface area contributed by atoms with Crippen molar-refractivity contribution in [3.8, 4) is 11.6 Å². The van der Waals surface area contributed by atoms with Gasteiger partial charge in [-0.05, 0) is 47.9 Å². The number of nitrogens with zero attached hydrogens (tertiary/aromatic N) is 3. The summed E-state index contributed by atoms with van der Waals surface area (Å²) in [6, 6.07) is 7.63. The lowest BCUT2D eigenvalue weighted by Crippen LogP contribution is -2.47. The van der Waals surface area contributed by atoms with Crippen molar-refractivity contribution in [2.45, 2.75) is 19.0 Å². The number of fused-ring (bicyclic) bond motifs is 1. The van der Waals surface area contributed by atoms with Crippen molar-refractivity contribution in [3.63, 3.8) is 0 Å². The van der Waals surface area contributed by atoms with Crippen molar-refractivity contribution < 1.29 is 13.9 Å². The van der Waals surface area contributed by atoms with Gasteiger partial charge in [0.25, 0.3) is 0 Å². The third kappa shape index (κ3) is 4.05. The number of rotatable bonds is 4. The van der Waals surface area contributed by atoms with E-state index >= 15 is 0 Å². The van der Waals surface area contributed by atoms with Crippen molar-refractivity contribution >= 4 is 6.03 Å². The van der Waals surface area contributed by atoms with E-state index in [-0.39, 0.29) is 17.9 Å². The summed E-state index contributed by atoms with van der Waals surface area (Å²) in [5.41, 5.74) is 1.67. The molecule has 0 radical (unpaired) electrons. The predicted molar refractivity (Wildman–Crippen MR) is 96.1 cm³/mol. The average molecular weight is 367 g/mol. The minimum absolute atomic E-state index is 0.210. The molecular formula is C19H18FN5O2. The van der Waals surface area contributed by atoms with Crippen LogP contribution in [-0.4, -0.2) is 33.2 Å². The van der Waals surface area contributed by atoms with E-state index < -0.39 is 0 Å². The van der Waals surface area contributed by atoms with Gasteiger partial charge in [-0.15, -0.1) is 0 Å². The van der Waals surface area contributed by atoms with E-state index in [2.05, 4.69) is 20.6 Å². The van der Waals surface area contributed by atoms with Crippen LogP contribution in [0.1, 0.15) is 11.1 Å². The lowest BCUT2D eigenvalue weighted by atomic mass is 10.0. The molecule has 0 saturated heterocycles. The van der Waals surface area contributed by atoms with E-state index in [1.54, 1.807) is 35.6 Å². The summed E-state index contributed by atoms with van der Waals surface area (Å²) in [4.78, 5) is 20.5. The van der Waals surface area contributed by atoms with Gasteiger partial charge < -0.3 is 15.4 Å². The number of nitrogens with one attached hydrogen (secondary N) is 2. The standard InChI is InChI=1S/C19H18FN5O2/c20-15-1-2-17-14(8-15)9-16(11-27-17)24-19(26)23-10-13-3-4-22-18(7-13)25-6-5-21-12-25/h1-8,12,16H,9-11H2,(H2,23,24,26). The van der Waals surface area contributed by atoms with Crippen LogP contribution in [0.3, 0.4) is 0 Å². The molecule has 2 amide bonds. The van der Waals surface area contributed by atoms with Crippen LogP contribution in [0.5, 0.6) is 5.75 Å². The highest BCUT2D eigenvalue weighted by Gasteiger charge is 2.21. The second-order valence-electron chi connectivity index (χ2n) is 6.28. The maximum atomic E-state index is 13.4. The third-order valence-corrected chi connectivity index (χ3v) is 4.30. The first-order valence-corrected chi connectivity index (χ1v) is 8.56. The molecule has 0 aliphatic carbocycles. The summed E-state index contributed by atoms with van der Waals surface area (Å²) < 4.78 is 20.7. The number of carbonyl (C=O) groups excluding carboxylic acids is 1. The van der Waals surface area contributed by atoms with Crippen molar-refractivity contribution in [1.82, 2.24) is 25.2 Å². The molecule has 138 valence electrons. The lowest BCUT2D eigenvalue weighted by Gasteiger charge is -2.26. The van der Waals surface area contributed by atoms with E-state index in [9.17, 15) is 9.18 Å². The molecule has 27 heavy (non-hydrogen) atoms. The van der Waals surface area contributed by atoms with Crippen molar-refractivity contribution in [1.29, 1.82) is 0 Å². The number of hydrogen-bond donors (Lipinski definition) is 2. The first-order chi connectivity index (χ1) is 13.2. The Morgan fingerprint density at radius 3 is 3.07 bits per heavy atom. The Morgan fingerprint density at radius 1 is 1.30 bits per heavy atom. The number of amides is 2. The summed E-state index contributed by atoms with van der Waals surface area (Å²) in [7, 11) is 0. The van der Waals surface area contributed by atoms with Crippen molar-refractivity contribution in [2.24, 2.45) is 0 Å². The molecule has 8 heteroatoms. The molecule has 4 rings (SSSR count). The smallest absolute Gasteiger partial charge is 0.315 e. The lowest BCUT2D eigenvalue weighted by molar-refractivity contribution is 0.214. The third-order valence-electron chi connectivity index (χ3n) is 4.30. The van der Waals surface area contributed by atoms with Gasteiger partial charge in [-0.1, -0.05) is 0 Å². The molecule has 1 aliphatic rings. The summed E-state index contributed by atoms with van der Waals surface area (Å²) in [6.45, 7) is 0.709. The van der Waals surface area contributed by atoms with Gasteiger partial charge in [-0.25, -0.2) is 19.2 Å². The molecule has 3 heterocycles. The van der Waals surface area contributed by atoms with Crippen LogP contribution in [0.4, 0.5) is 9.18 Å². The van der Waals surface area contributed by atoms with Crippen LogP contribution >= 0.6 is 0 Å². The molecule has 7 nitrogen and oxygen atoms in total. The van der Waals surface area contributed by atoms with E-state index in [0.717, 1.165) is 16.9 Å². The summed E-state index contributed by atoms with van der Waals surface area (Å²) in [5.74, 6) is 1.08. The number of pyridine rings is 1. The molecule has 2 N–H and O–H groups in total. The number of carbonyl (C=O) groups is 1. The zero-order valence-electron chi connectivity index (χ0n) is 14.4. The molecule has 1 atom stereocenters. The average Bonchev–Trinajstić information content (AvgIpc) is 3.21. The van der Waals surface area contributed by atoms with Gasteiger partial charge in [-0.2, -0.15) is 0 Å². The second kappa shape index (κ2) is 7.45. The monoisotopic (exact) mass is 367 g/mol. The number of aromatic nitrogens is 3. The van der Waals surface area contributed by atoms with E-state index in [1.165, 1.54) is 12.1 Å². The number of urea groups is 1. The zero-order valence-corrected chi connectivity index (χ0v) is 14.4. The number of halogens is 1. The Hall–Kier alpha value is -3.42. The Kier molecular flexibility index (Phi) is 4.69. The Bertz CT molecular complexity index is 945. The van der Waals surface area contributed by atoms with Crippen LogP contribution in [0.25, 0.3) is 5.82 Å². The van der Waals surface area contributed by atoms with Gasteiger partial charge in [0.05, 0.1) is 6.04 Å². The first-order valence-electron chi connectivity index (χ1n) is 8.56. The number of hydrogen-bond acceptors (Lipinski definition) is 4. The molecule has 0 saturated carbocycles. The highest BCUT2D eigenvalue weighted by Crippen LogP contribution is 2.25. The molecule has 1 aliphatic heterocycles. The fourth-order valence-electron chi connectivity index (χ4n) is 2.98. The molecular weight excluding hydrogens is 349 g/mol. The maximum Gasteiger partial charge on any atom is 0.315 e. The van der Waals surface area contributed by atoms with Gasteiger partial charge in [-0.3, -0.25) is 4.57 Å². The normalized spacial score (nSPS) is 15.5. The molecule has 1 aromatic carbocycles. The molecule has 0 spiro atoms. The van der Waals surface area contributed by atoms with Crippen molar-refractivity contribution in [3.05, 3.63) is 72.2 Å². The number of imidazole rings is 1. The minimum atomic E-state index is -0.311. The highest BCUT2D eigenvalue weighted by atomic mass is 19.1. The van der Waals surface area contributed by atoms with Crippen LogP contribution in [0, 0.1) is 5.82 Å². The largest absolute Gasteiger partial charge is 0.491 e. The van der Waals surface area contributed by atoms with Crippen LogP contribution in [0.15, 0.2) is 55.2 Å². The van der Waals surface area contributed by atoms with Crippen molar-refractivity contribution in [2.75, 3.05) is 6.61 Å². The topological polar surface area (TPSA) is 81.1 Å². The van der Waals surface area contributed by atoms with Gasteiger partial charge >= 0.3 is 6.03 Å². The molecule has 2 aromatic heterocycles. The number of ether oxygens (including phenoxy) is 1. The Morgan fingerprint density at radius 2 is 2.22 bits per heavy atom. The van der Waals surface area contributed by atoms with Gasteiger partial charge in [0, 0.05) is 25.1 Å². The van der Waals surface area contributed by atoms with Crippen LogP contribution < -0.4 is 15.4 Å². The van der Waals surface area contributed by atoms with Gasteiger partial charge in [0.15, 0.2) is 0 Å². The predicted octanol–water partition coefficient (Wildman–Crippen LogP) is 2.21. The molecule has 0 bridgehead atoms. The summed E-state index contributed by atoms with van der Waals surface area (Å²) in [5, 5.41) is 5.69. The molecule has 0 fully saturated rings. The second-order valence-corrected chi connectivity index (χ2v) is 6.28. The SMILES string of the molecule is O=C(NCc1ccnc(-n2ccnc2)c1)NC1COc2ccc(F)cc2C1. The fraction of sp³-hybridized carbons (Fsp3) is 0.211. The zero-order chi connectivity index (χ0) is 18.6. The molecule has 1 unspecified atom stereocenters. The number of benzene rings is 1. The Labute approximate surface area is 155 Å². The fourth-order valence-corrected chi connectivity index (χ4v) is 2.98. The maximum absolute atomic E-state index is 13.4. The highest BCUT2D eigenvalue weighted by molar-refractivity contribution is 5.74. The molecule has 3 aromatic rings. The van der Waals surface area contributed by atoms with Crippen LogP contribution in [0.2, 0.25) is 0 Å². The van der Waals surface area contributed by atoms with E-state index in [1.807, 2.05) is 12.1 Å². The quantitative estimate of drug-likeness (QED) is 0.741. The summed E-state index contributed by atoms with van der Waals surface area (Å²) >= 11 is 0. The van der Waals surface area contributed by atoms with Gasteiger partial charge in [0.1, 0.15) is 30.3 Å². The van der Waals surface area contributed by atoms with Gasteiger partial charge in [0.2, 0.25) is 0 Å². The minimum Gasteiger partial charge on any atom is -0.491 e. The first kappa shape index (κ1) is 17.0. The van der Waals surface area contributed by atoms with Crippen LogP contribution in [-0.2, 0) is 13.0 Å². The van der Waals surface area contributed by atoms with E-state index in [0.29, 0.717) is 25.3 Å².